The van der Waals surface area contributed by atoms with Gasteiger partial charge in [0.2, 0.25) is 5.91 Å². The van der Waals surface area contributed by atoms with Crippen LogP contribution in [0.5, 0.6) is 0 Å². The van der Waals surface area contributed by atoms with Crippen LogP contribution in [0.25, 0.3) is 0 Å². The van der Waals surface area contributed by atoms with Gasteiger partial charge in [-0.2, -0.15) is 0 Å². The number of hydrogen-bond donors (Lipinski definition) is 1. The van der Waals surface area contributed by atoms with Crippen LogP contribution in [0.4, 0.5) is 0 Å². The Morgan fingerprint density at radius 1 is 1.00 bits per heavy atom. The molecule has 0 bridgehead atoms. The summed E-state index contributed by atoms with van der Waals surface area (Å²) in [6.07, 6.45) is 2.05. The number of piperidine rings is 1. The molecule has 0 saturated carbocycles. The normalized spacial score (nSPS) is 23.4. The largest absolute Gasteiger partial charge is 0.336 e. The molecule has 3 heterocycles. The van der Waals surface area contributed by atoms with E-state index in [-0.39, 0.29) is 36.2 Å². The highest BCUT2D eigenvalue weighted by Crippen LogP contribution is 2.23. The number of likely N-dealkylation sites (tertiary alicyclic amines) is 1. The summed E-state index contributed by atoms with van der Waals surface area (Å²) in [6, 6.07) is 7.23. The molecule has 3 aliphatic rings. The van der Waals surface area contributed by atoms with Crippen molar-refractivity contribution in [1.82, 2.24) is 20.0 Å². The van der Waals surface area contributed by atoms with E-state index < -0.39 is 0 Å². The maximum absolute atomic E-state index is 12.5. The maximum atomic E-state index is 12.5. The molecule has 27 heavy (non-hydrogen) atoms. The Hall–Kier alpha value is -1.96. The van der Waals surface area contributed by atoms with E-state index in [2.05, 4.69) is 10.2 Å². The van der Waals surface area contributed by atoms with Crippen LogP contribution >= 0.6 is 12.4 Å². The zero-order valence-corrected chi connectivity index (χ0v) is 16.0. The van der Waals surface area contributed by atoms with Crippen molar-refractivity contribution in [1.29, 1.82) is 0 Å². The fraction of sp³-hybridized carbons (Fsp3) is 0.526. The SMILES string of the molecule is Cl.O=C1c2ccccc2C(=O)N1CCN1CCCC(N2CCNCC2=O)C1. The lowest BCUT2D eigenvalue weighted by Gasteiger charge is -2.41. The Labute approximate surface area is 165 Å². The van der Waals surface area contributed by atoms with Crippen molar-refractivity contribution in [3.8, 4) is 0 Å². The molecule has 1 aromatic rings. The molecular weight excluding hydrogens is 368 g/mol. The average molecular weight is 393 g/mol. The van der Waals surface area contributed by atoms with Crippen molar-refractivity contribution >= 4 is 30.1 Å². The third-order valence-corrected chi connectivity index (χ3v) is 5.57. The van der Waals surface area contributed by atoms with Crippen molar-refractivity contribution in [3.05, 3.63) is 35.4 Å². The highest BCUT2D eigenvalue weighted by Gasteiger charge is 2.36. The predicted octanol–water partition coefficient (Wildman–Crippen LogP) is 0.601. The summed E-state index contributed by atoms with van der Waals surface area (Å²) in [4.78, 5) is 42.7. The molecule has 1 atom stereocenters. The molecule has 2 saturated heterocycles. The number of piperazine rings is 1. The molecule has 8 heteroatoms. The lowest BCUT2D eigenvalue weighted by Crippen LogP contribution is -2.57. The van der Waals surface area contributed by atoms with E-state index in [1.54, 1.807) is 24.3 Å². The summed E-state index contributed by atoms with van der Waals surface area (Å²) in [6.45, 7) is 4.84. The Morgan fingerprint density at radius 2 is 1.70 bits per heavy atom. The second kappa shape index (κ2) is 8.37. The van der Waals surface area contributed by atoms with Gasteiger partial charge < -0.3 is 10.2 Å². The first kappa shape index (κ1) is 19.8. The Balaban J connectivity index is 0.00000210. The third kappa shape index (κ3) is 3.85. The summed E-state index contributed by atoms with van der Waals surface area (Å²) in [7, 11) is 0. The highest BCUT2D eigenvalue weighted by atomic mass is 35.5. The van der Waals surface area contributed by atoms with Crippen LogP contribution in [-0.4, -0.2) is 84.3 Å². The van der Waals surface area contributed by atoms with Crippen LogP contribution in [0, 0.1) is 0 Å². The van der Waals surface area contributed by atoms with Gasteiger partial charge in [0.25, 0.3) is 11.8 Å². The van der Waals surface area contributed by atoms with E-state index in [0.717, 1.165) is 39.0 Å². The molecule has 1 unspecified atom stereocenters. The topological polar surface area (TPSA) is 73.0 Å². The van der Waals surface area contributed by atoms with Gasteiger partial charge in [-0.25, -0.2) is 0 Å². The van der Waals surface area contributed by atoms with E-state index in [1.807, 2.05) is 4.90 Å². The number of rotatable bonds is 4. The maximum Gasteiger partial charge on any atom is 0.261 e. The fourth-order valence-corrected chi connectivity index (χ4v) is 4.18. The Bertz CT molecular complexity index is 706. The van der Waals surface area contributed by atoms with E-state index in [0.29, 0.717) is 30.8 Å². The van der Waals surface area contributed by atoms with Crippen molar-refractivity contribution in [2.24, 2.45) is 0 Å². The van der Waals surface area contributed by atoms with Crippen LogP contribution < -0.4 is 5.32 Å². The van der Waals surface area contributed by atoms with Crippen LogP contribution in [0.15, 0.2) is 24.3 Å². The van der Waals surface area contributed by atoms with Gasteiger partial charge in [-0.15, -0.1) is 12.4 Å². The molecule has 0 aromatic heterocycles. The molecule has 7 nitrogen and oxygen atoms in total. The number of hydrogen-bond acceptors (Lipinski definition) is 5. The summed E-state index contributed by atoms with van der Waals surface area (Å²) in [5.74, 6) is -0.226. The second-order valence-corrected chi connectivity index (χ2v) is 7.17. The standard InChI is InChI=1S/C19H24N4O3.ClH/c24-17-12-20-7-9-22(17)14-4-3-8-21(13-14)10-11-23-18(25)15-5-1-2-6-16(15)19(23)26;/h1-2,5-6,14,20H,3-4,7-13H2;1H. The minimum atomic E-state index is -0.198. The number of imide groups is 1. The van der Waals surface area contributed by atoms with E-state index in [4.69, 9.17) is 0 Å². The van der Waals surface area contributed by atoms with Gasteiger partial charge in [-0.1, -0.05) is 12.1 Å². The fourth-order valence-electron chi connectivity index (χ4n) is 4.18. The van der Waals surface area contributed by atoms with Gasteiger partial charge in [-0.3, -0.25) is 24.2 Å². The molecule has 1 N–H and O–H groups in total. The average Bonchev–Trinajstić information content (AvgIpc) is 2.91. The van der Waals surface area contributed by atoms with Crippen molar-refractivity contribution in [3.63, 3.8) is 0 Å². The van der Waals surface area contributed by atoms with Gasteiger partial charge in [0.05, 0.1) is 17.7 Å². The first-order valence-corrected chi connectivity index (χ1v) is 9.33. The second-order valence-electron chi connectivity index (χ2n) is 7.17. The van der Waals surface area contributed by atoms with Crippen molar-refractivity contribution in [2.75, 3.05) is 45.8 Å². The molecule has 3 aliphatic heterocycles. The number of nitrogens with one attached hydrogen (secondary N) is 1. The Morgan fingerprint density at radius 3 is 2.37 bits per heavy atom. The molecule has 0 radical (unpaired) electrons. The van der Waals surface area contributed by atoms with Crippen LogP contribution in [0.2, 0.25) is 0 Å². The smallest absolute Gasteiger partial charge is 0.261 e. The van der Waals surface area contributed by atoms with Crippen LogP contribution in [-0.2, 0) is 4.79 Å². The third-order valence-electron chi connectivity index (χ3n) is 5.57. The monoisotopic (exact) mass is 392 g/mol. The van der Waals surface area contributed by atoms with E-state index in [9.17, 15) is 14.4 Å². The first-order chi connectivity index (χ1) is 12.6. The highest BCUT2D eigenvalue weighted by molar-refractivity contribution is 6.21. The quantitative estimate of drug-likeness (QED) is 0.760. The van der Waals surface area contributed by atoms with Crippen LogP contribution in [0.3, 0.4) is 0 Å². The first-order valence-electron chi connectivity index (χ1n) is 9.33. The molecule has 4 rings (SSSR count). The molecule has 0 aliphatic carbocycles. The zero-order chi connectivity index (χ0) is 18.1. The molecule has 146 valence electrons. The van der Waals surface area contributed by atoms with Gasteiger partial charge in [0, 0.05) is 38.8 Å². The number of halogens is 1. The molecule has 1 aromatic carbocycles. The summed E-state index contributed by atoms with van der Waals surface area (Å²) < 4.78 is 0. The van der Waals surface area contributed by atoms with Crippen molar-refractivity contribution < 1.29 is 14.4 Å². The predicted molar refractivity (Wildman–Crippen MR) is 103 cm³/mol. The zero-order valence-electron chi connectivity index (χ0n) is 15.2. The molecule has 2 fully saturated rings. The lowest BCUT2D eigenvalue weighted by atomic mass is 10.0. The van der Waals surface area contributed by atoms with Gasteiger partial charge in [-0.05, 0) is 31.5 Å². The van der Waals surface area contributed by atoms with Crippen LogP contribution in [0.1, 0.15) is 33.6 Å². The Kier molecular flexibility index (Phi) is 6.14. The summed E-state index contributed by atoms with van der Waals surface area (Å²) >= 11 is 0. The minimum absolute atomic E-state index is 0. The van der Waals surface area contributed by atoms with E-state index >= 15 is 0 Å². The minimum Gasteiger partial charge on any atom is -0.336 e. The number of carbonyl (C=O) groups excluding carboxylic acids is 3. The number of amides is 3. The number of benzene rings is 1. The molecule has 3 amide bonds. The summed E-state index contributed by atoms with van der Waals surface area (Å²) in [5, 5.41) is 3.11. The lowest BCUT2D eigenvalue weighted by molar-refractivity contribution is -0.135. The number of carbonyl (C=O) groups is 3. The number of fused-ring (bicyclic) bond motifs is 1. The van der Waals surface area contributed by atoms with Crippen molar-refractivity contribution in [2.45, 2.75) is 18.9 Å². The van der Waals surface area contributed by atoms with Gasteiger partial charge in [0.1, 0.15) is 0 Å². The summed E-state index contributed by atoms with van der Waals surface area (Å²) in [5.41, 5.74) is 1.00. The van der Waals surface area contributed by atoms with Gasteiger partial charge in [0.15, 0.2) is 0 Å². The molecule has 0 spiro atoms. The molecular formula is C19H25ClN4O3. The van der Waals surface area contributed by atoms with E-state index in [1.165, 1.54) is 4.90 Å². The number of nitrogens with zero attached hydrogens (tertiary/aromatic N) is 3. The van der Waals surface area contributed by atoms with Gasteiger partial charge >= 0.3 is 0 Å².